The van der Waals surface area contributed by atoms with Gasteiger partial charge in [-0.15, -0.1) is 0 Å². The minimum Gasteiger partial charge on any atom is -0.380 e. The number of nitrogens with one attached hydrogen (secondary N) is 2. The summed E-state index contributed by atoms with van der Waals surface area (Å²) in [5.74, 6) is 0.998. The number of nitrogens with zero attached hydrogens (tertiary/aromatic N) is 1. The van der Waals surface area contributed by atoms with Gasteiger partial charge in [-0.05, 0) is 37.0 Å². The summed E-state index contributed by atoms with van der Waals surface area (Å²) in [7, 11) is 0. The SMILES string of the molecule is Cc1ccc2nc(SCC(=O)NCCOCCC(C)C)[nH]c2c1. The number of ether oxygens (including phenoxy) is 1. The summed E-state index contributed by atoms with van der Waals surface area (Å²) in [6.45, 7) is 8.25. The van der Waals surface area contributed by atoms with Gasteiger partial charge in [-0.3, -0.25) is 4.79 Å². The molecule has 0 aliphatic rings. The lowest BCUT2D eigenvalue weighted by Gasteiger charge is -2.07. The van der Waals surface area contributed by atoms with Crippen molar-refractivity contribution in [2.45, 2.75) is 32.3 Å². The van der Waals surface area contributed by atoms with Crippen LogP contribution >= 0.6 is 11.8 Å². The van der Waals surface area contributed by atoms with Crippen molar-refractivity contribution in [1.29, 1.82) is 0 Å². The average molecular weight is 335 g/mol. The molecule has 0 spiro atoms. The third-order valence-corrected chi connectivity index (χ3v) is 4.24. The molecule has 1 aromatic carbocycles. The first kappa shape index (κ1) is 17.8. The molecule has 0 bridgehead atoms. The van der Waals surface area contributed by atoms with Gasteiger partial charge in [-0.25, -0.2) is 4.98 Å². The van der Waals surface area contributed by atoms with E-state index in [0.717, 1.165) is 29.2 Å². The van der Waals surface area contributed by atoms with Crippen molar-refractivity contribution in [3.63, 3.8) is 0 Å². The van der Waals surface area contributed by atoms with Crippen LogP contribution in [0.4, 0.5) is 0 Å². The number of hydrogen-bond donors (Lipinski definition) is 2. The quantitative estimate of drug-likeness (QED) is 0.546. The highest BCUT2D eigenvalue weighted by Gasteiger charge is 2.07. The maximum atomic E-state index is 11.8. The number of thioether (sulfide) groups is 1. The van der Waals surface area contributed by atoms with E-state index in [4.69, 9.17) is 4.74 Å². The lowest BCUT2D eigenvalue weighted by molar-refractivity contribution is -0.118. The summed E-state index contributed by atoms with van der Waals surface area (Å²) >= 11 is 1.41. The number of aryl methyl sites for hydroxylation is 1. The molecule has 1 heterocycles. The Bertz CT molecular complexity index is 640. The van der Waals surface area contributed by atoms with Crippen LogP contribution in [0, 0.1) is 12.8 Å². The van der Waals surface area contributed by atoms with E-state index in [1.165, 1.54) is 17.3 Å². The molecule has 0 saturated carbocycles. The molecule has 2 rings (SSSR count). The van der Waals surface area contributed by atoms with Crippen LogP contribution in [0.1, 0.15) is 25.8 Å². The summed E-state index contributed by atoms with van der Waals surface area (Å²) in [4.78, 5) is 19.5. The third-order valence-electron chi connectivity index (χ3n) is 3.36. The Morgan fingerprint density at radius 2 is 2.22 bits per heavy atom. The maximum Gasteiger partial charge on any atom is 0.230 e. The van der Waals surface area contributed by atoms with Crippen LogP contribution in [0.3, 0.4) is 0 Å². The van der Waals surface area contributed by atoms with Crippen LogP contribution in [-0.4, -0.2) is 41.4 Å². The van der Waals surface area contributed by atoms with E-state index in [2.05, 4.69) is 35.2 Å². The van der Waals surface area contributed by atoms with Gasteiger partial charge in [0.15, 0.2) is 5.16 Å². The number of imidazole rings is 1. The first-order chi connectivity index (χ1) is 11.0. The number of carbonyl (C=O) groups is 1. The van der Waals surface area contributed by atoms with Gasteiger partial charge in [0.2, 0.25) is 5.91 Å². The van der Waals surface area contributed by atoms with E-state index in [-0.39, 0.29) is 5.91 Å². The fraction of sp³-hybridized carbons (Fsp3) is 0.529. The van der Waals surface area contributed by atoms with Crippen LogP contribution in [0.15, 0.2) is 23.4 Å². The van der Waals surface area contributed by atoms with Crippen LogP contribution in [0.2, 0.25) is 0 Å². The molecule has 0 radical (unpaired) electrons. The van der Waals surface area contributed by atoms with Crippen molar-refractivity contribution >= 4 is 28.7 Å². The van der Waals surface area contributed by atoms with Gasteiger partial charge in [-0.2, -0.15) is 0 Å². The number of rotatable bonds is 9. The van der Waals surface area contributed by atoms with Crippen LogP contribution in [-0.2, 0) is 9.53 Å². The van der Waals surface area contributed by atoms with Crippen LogP contribution in [0.5, 0.6) is 0 Å². The molecule has 0 fully saturated rings. The van der Waals surface area contributed by atoms with Crippen molar-refractivity contribution in [2.75, 3.05) is 25.5 Å². The Kier molecular flexibility index (Phi) is 6.92. The van der Waals surface area contributed by atoms with E-state index >= 15 is 0 Å². The monoisotopic (exact) mass is 335 g/mol. The number of carbonyl (C=O) groups excluding carboxylic acids is 1. The molecule has 23 heavy (non-hydrogen) atoms. The fourth-order valence-corrected chi connectivity index (χ4v) is 2.75. The summed E-state index contributed by atoms with van der Waals surface area (Å²) in [6.07, 6.45) is 1.05. The molecule has 0 unspecified atom stereocenters. The van der Waals surface area contributed by atoms with E-state index in [0.29, 0.717) is 24.8 Å². The molecule has 1 amide bonds. The molecule has 1 aromatic heterocycles. The molecular formula is C17H25N3O2S. The Morgan fingerprint density at radius 3 is 3.00 bits per heavy atom. The lowest BCUT2D eigenvalue weighted by atomic mass is 10.1. The second-order valence-electron chi connectivity index (χ2n) is 6.00. The Hall–Kier alpha value is -1.53. The van der Waals surface area contributed by atoms with Gasteiger partial charge in [0.25, 0.3) is 0 Å². The van der Waals surface area contributed by atoms with Crippen molar-refractivity contribution < 1.29 is 9.53 Å². The molecule has 5 nitrogen and oxygen atoms in total. The molecule has 6 heteroatoms. The normalized spacial score (nSPS) is 11.3. The second-order valence-corrected chi connectivity index (χ2v) is 6.96. The molecule has 0 aliphatic carbocycles. The van der Waals surface area contributed by atoms with Gasteiger partial charge in [0.05, 0.1) is 23.4 Å². The summed E-state index contributed by atoms with van der Waals surface area (Å²) in [5, 5.41) is 3.63. The standard InChI is InChI=1S/C17H25N3O2S/c1-12(2)6-8-22-9-7-18-16(21)11-23-17-19-14-5-4-13(3)10-15(14)20-17/h4-5,10,12H,6-9,11H2,1-3H3,(H,18,21)(H,19,20). The molecule has 2 N–H and O–H groups in total. The summed E-state index contributed by atoms with van der Waals surface area (Å²) < 4.78 is 5.47. The van der Waals surface area contributed by atoms with Gasteiger partial charge in [0.1, 0.15) is 0 Å². The van der Waals surface area contributed by atoms with E-state index in [1.54, 1.807) is 0 Å². The van der Waals surface area contributed by atoms with Crippen LogP contribution in [0.25, 0.3) is 11.0 Å². The molecular weight excluding hydrogens is 310 g/mol. The van der Waals surface area contributed by atoms with E-state index in [9.17, 15) is 4.79 Å². The number of benzene rings is 1. The van der Waals surface area contributed by atoms with Crippen molar-refractivity contribution in [3.05, 3.63) is 23.8 Å². The number of aromatic amines is 1. The molecule has 2 aromatic rings. The Balaban J connectivity index is 1.65. The summed E-state index contributed by atoms with van der Waals surface area (Å²) in [5.41, 5.74) is 3.12. The van der Waals surface area contributed by atoms with E-state index in [1.807, 2.05) is 19.1 Å². The zero-order chi connectivity index (χ0) is 16.7. The zero-order valence-corrected chi connectivity index (χ0v) is 14.8. The number of fused-ring (bicyclic) bond motifs is 1. The third kappa shape index (κ3) is 6.23. The van der Waals surface area contributed by atoms with Crippen LogP contribution < -0.4 is 5.32 Å². The van der Waals surface area contributed by atoms with Gasteiger partial charge in [0, 0.05) is 13.2 Å². The topological polar surface area (TPSA) is 67.0 Å². The smallest absolute Gasteiger partial charge is 0.230 e. The first-order valence-corrected chi connectivity index (χ1v) is 8.97. The van der Waals surface area contributed by atoms with Gasteiger partial charge < -0.3 is 15.0 Å². The minimum atomic E-state index is -0.000837. The molecule has 0 aliphatic heterocycles. The second kappa shape index (κ2) is 8.93. The van der Waals surface area contributed by atoms with Gasteiger partial charge >= 0.3 is 0 Å². The van der Waals surface area contributed by atoms with Gasteiger partial charge in [-0.1, -0.05) is 31.7 Å². The zero-order valence-electron chi connectivity index (χ0n) is 14.0. The predicted octanol–water partition coefficient (Wildman–Crippen LogP) is 3.14. The molecule has 126 valence electrons. The van der Waals surface area contributed by atoms with Crippen molar-refractivity contribution in [2.24, 2.45) is 5.92 Å². The predicted molar refractivity (Wildman–Crippen MR) is 94.8 cm³/mol. The van der Waals surface area contributed by atoms with Crippen molar-refractivity contribution in [3.8, 4) is 0 Å². The minimum absolute atomic E-state index is 0.000837. The highest BCUT2D eigenvalue weighted by atomic mass is 32.2. The van der Waals surface area contributed by atoms with E-state index < -0.39 is 0 Å². The number of hydrogen-bond acceptors (Lipinski definition) is 4. The Morgan fingerprint density at radius 1 is 1.39 bits per heavy atom. The fourth-order valence-electron chi connectivity index (χ4n) is 2.04. The highest BCUT2D eigenvalue weighted by molar-refractivity contribution is 7.99. The number of H-pyrrole nitrogens is 1. The number of amides is 1. The van der Waals surface area contributed by atoms with Crippen molar-refractivity contribution in [1.82, 2.24) is 15.3 Å². The highest BCUT2D eigenvalue weighted by Crippen LogP contribution is 2.19. The first-order valence-electron chi connectivity index (χ1n) is 7.98. The average Bonchev–Trinajstić information content (AvgIpc) is 2.90. The lowest BCUT2D eigenvalue weighted by Crippen LogP contribution is -2.28. The molecule has 0 saturated heterocycles. The molecule has 0 atom stereocenters. The number of aromatic nitrogens is 2. The maximum absolute atomic E-state index is 11.8. The summed E-state index contributed by atoms with van der Waals surface area (Å²) in [6, 6.07) is 6.07. The largest absolute Gasteiger partial charge is 0.380 e. The Labute approximate surface area is 141 Å².